The van der Waals surface area contributed by atoms with E-state index in [4.69, 9.17) is 0 Å². The van der Waals surface area contributed by atoms with E-state index in [1.54, 1.807) is 32.6 Å². The van der Waals surface area contributed by atoms with Crippen LogP contribution in [0, 0.1) is 6.92 Å². The Morgan fingerprint density at radius 1 is 1.09 bits per heavy atom. The third kappa shape index (κ3) is 5.43. The van der Waals surface area contributed by atoms with Gasteiger partial charge in [-0.25, -0.2) is 19.9 Å². The van der Waals surface area contributed by atoms with E-state index in [2.05, 4.69) is 58.6 Å². The van der Waals surface area contributed by atoms with E-state index in [9.17, 15) is 4.79 Å². The molecule has 2 aromatic heterocycles. The van der Waals surface area contributed by atoms with Crippen molar-refractivity contribution in [3.05, 3.63) is 64.6 Å². The van der Waals surface area contributed by atoms with Gasteiger partial charge in [-0.15, -0.1) is 0 Å². The smallest absolute Gasteiger partial charge is 0.254 e. The zero-order valence-electron chi connectivity index (χ0n) is 20.3. The van der Waals surface area contributed by atoms with Crippen LogP contribution in [0.4, 0.5) is 23.1 Å². The van der Waals surface area contributed by atoms with E-state index in [0.29, 0.717) is 28.9 Å². The highest BCUT2D eigenvalue weighted by Crippen LogP contribution is 2.30. The first-order valence-corrected chi connectivity index (χ1v) is 11.5. The summed E-state index contributed by atoms with van der Waals surface area (Å²) in [5.41, 5.74) is 8.67. The van der Waals surface area contributed by atoms with Crippen LogP contribution in [0.2, 0.25) is 0 Å². The summed E-state index contributed by atoms with van der Waals surface area (Å²) in [5, 5.41) is 13.7. The maximum Gasteiger partial charge on any atom is 0.254 e. The number of amides is 1. The van der Waals surface area contributed by atoms with Gasteiger partial charge in [0.15, 0.2) is 5.84 Å². The van der Waals surface area contributed by atoms with Crippen LogP contribution in [-0.4, -0.2) is 47.0 Å². The maximum absolute atomic E-state index is 12.6. The van der Waals surface area contributed by atoms with Crippen LogP contribution in [0.25, 0.3) is 0 Å². The van der Waals surface area contributed by atoms with E-state index in [1.807, 2.05) is 19.9 Å². The number of aromatic nitrogens is 3. The molecule has 0 fully saturated rings. The minimum Gasteiger partial charge on any atom is -0.355 e. The Morgan fingerprint density at radius 2 is 1.94 bits per heavy atom. The number of rotatable bonds is 3. The van der Waals surface area contributed by atoms with Crippen molar-refractivity contribution in [2.45, 2.75) is 33.1 Å². The number of nitrogens with zero attached hydrogens (tertiary/aromatic N) is 5. The quantitative estimate of drug-likeness (QED) is 0.261. The van der Waals surface area contributed by atoms with Gasteiger partial charge in [0.25, 0.3) is 5.91 Å². The van der Waals surface area contributed by atoms with Crippen LogP contribution >= 0.6 is 0 Å². The fraction of sp³-hybridized carbons (Fsp3) is 0.280. The van der Waals surface area contributed by atoms with Crippen LogP contribution in [0.5, 0.6) is 0 Å². The number of benzene rings is 1. The molecule has 1 aliphatic rings. The molecule has 35 heavy (non-hydrogen) atoms. The van der Waals surface area contributed by atoms with Crippen molar-refractivity contribution < 1.29 is 4.79 Å². The van der Waals surface area contributed by atoms with E-state index in [-0.39, 0.29) is 5.91 Å². The summed E-state index contributed by atoms with van der Waals surface area (Å²) in [5.74, 6) is 1.33. The summed E-state index contributed by atoms with van der Waals surface area (Å²) < 4.78 is 0. The first-order chi connectivity index (χ1) is 17.0. The zero-order chi connectivity index (χ0) is 24.8. The van der Waals surface area contributed by atoms with Crippen LogP contribution in [0.3, 0.4) is 0 Å². The summed E-state index contributed by atoms with van der Waals surface area (Å²) in [6.07, 6.45) is 7.54. The number of fused-ring (bicyclic) bond motifs is 6. The number of hydrogen-bond acceptors (Lipinski definition) is 8. The molecule has 4 N–H and O–H groups in total. The van der Waals surface area contributed by atoms with Crippen LogP contribution in [-0.2, 0) is 12.8 Å². The van der Waals surface area contributed by atoms with Crippen molar-refractivity contribution in [3.63, 3.8) is 0 Å². The number of carbonyl (C=O) groups excluding carboxylic acids is 1. The zero-order valence-corrected chi connectivity index (χ0v) is 20.3. The van der Waals surface area contributed by atoms with Gasteiger partial charge in [-0.1, -0.05) is 0 Å². The highest BCUT2D eigenvalue weighted by molar-refractivity contribution is 6.05. The van der Waals surface area contributed by atoms with E-state index in [0.717, 1.165) is 47.3 Å². The molecule has 4 rings (SSSR count). The van der Waals surface area contributed by atoms with Crippen molar-refractivity contribution in [2.24, 2.45) is 10.1 Å². The van der Waals surface area contributed by atoms with Crippen LogP contribution in [0.15, 0.2) is 46.8 Å². The largest absolute Gasteiger partial charge is 0.355 e. The maximum atomic E-state index is 12.6. The second-order valence-corrected chi connectivity index (χ2v) is 8.03. The molecule has 10 heteroatoms. The van der Waals surface area contributed by atoms with E-state index >= 15 is 0 Å². The molecule has 0 spiro atoms. The van der Waals surface area contributed by atoms with Gasteiger partial charge in [0, 0.05) is 55.7 Å². The molecule has 0 saturated carbocycles. The lowest BCUT2D eigenvalue weighted by Gasteiger charge is -2.19. The van der Waals surface area contributed by atoms with E-state index < -0.39 is 0 Å². The van der Waals surface area contributed by atoms with Gasteiger partial charge in [-0.05, 0) is 62.4 Å². The number of carbonyl (C=O) groups is 1. The highest BCUT2D eigenvalue weighted by Gasteiger charge is 2.17. The average molecular weight is 472 g/mol. The van der Waals surface area contributed by atoms with Crippen molar-refractivity contribution >= 4 is 41.1 Å². The van der Waals surface area contributed by atoms with Crippen molar-refractivity contribution in [1.29, 1.82) is 0 Å². The molecule has 1 amide bonds. The number of aliphatic imine (C=N–C) groups is 1. The van der Waals surface area contributed by atoms with Gasteiger partial charge in [0.05, 0.1) is 11.3 Å². The lowest BCUT2D eigenvalue weighted by atomic mass is 9.97. The van der Waals surface area contributed by atoms with Crippen molar-refractivity contribution in [1.82, 2.24) is 25.7 Å². The second-order valence-electron chi connectivity index (χ2n) is 8.03. The monoisotopic (exact) mass is 471 g/mol. The molecule has 3 aromatic rings. The Hall–Kier alpha value is -4.34. The third-order valence-electron chi connectivity index (χ3n) is 5.67. The van der Waals surface area contributed by atoms with Crippen LogP contribution < -0.4 is 21.4 Å². The Morgan fingerprint density at radius 3 is 2.71 bits per heavy atom. The Bertz CT molecular complexity index is 1300. The molecular weight excluding hydrogens is 442 g/mol. The van der Waals surface area contributed by atoms with Crippen molar-refractivity contribution in [3.8, 4) is 0 Å². The van der Waals surface area contributed by atoms with Gasteiger partial charge in [0.1, 0.15) is 5.82 Å². The number of anilines is 4. The summed E-state index contributed by atoms with van der Waals surface area (Å²) in [6, 6.07) is 7.95. The fourth-order valence-corrected chi connectivity index (χ4v) is 3.94. The van der Waals surface area contributed by atoms with Crippen molar-refractivity contribution in [2.75, 3.05) is 24.7 Å². The molecular formula is C25H29N9O. The molecule has 3 heterocycles. The number of nitrogens with one attached hydrogen (secondary N) is 4. The molecule has 1 aromatic carbocycles. The molecule has 0 aliphatic carbocycles. The summed E-state index contributed by atoms with van der Waals surface area (Å²) >= 11 is 0. The van der Waals surface area contributed by atoms with Gasteiger partial charge in [0.2, 0.25) is 5.95 Å². The van der Waals surface area contributed by atoms with Gasteiger partial charge in [-0.2, -0.15) is 5.10 Å². The van der Waals surface area contributed by atoms with Gasteiger partial charge in [-0.3, -0.25) is 4.79 Å². The number of hydrogen-bond donors (Lipinski definition) is 4. The Balaban J connectivity index is 1.90. The summed E-state index contributed by atoms with van der Waals surface area (Å²) in [4.78, 5) is 30.4. The first kappa shape index (κ1) is 23.8. The molecule has 0 radical (unpaired) electrons. The molecule has 6 bridgehead atoms. The summed E-state index contributed by atoms with van der Waals surface area (Å²) in [6.45, 7) is 3.87. The highest BCUT2D eigenvalue weighted by atomic mass is 16.1. The van der Waals surface area contributed by atoms with E-state index in [1.165, 1.54) is 6.20 Å². The number of amidine groups is 1. The topological polar surface area (TPSA) is 129 Å². The third-order valence-corrected chi connectivity index (χ3v) is 5.67. The summed E-state index contributed by atoms with van der Waals surface area (Å²) in [7, 11) is 3.34. The Kier molecular flexibility index (Phi) is 7.30. The molecule has 0 saturated heterocycles. The lowest BCUT2D eigenvalue weighted by Crippen LogP contribution is -2.20. The minimum absolute atomic E-state index is 0.243. The first-order valence-electron chi connectivity index (χ1n) is 11.5. The SMILES string of the molecule is C/C=N\C(=N/NC)c1cc2cc(c1C)Nc1cc(ncc1C(=O)NC)Nc1nccc(n1)CCC2. The van der Waals surface area contributed by atoms with Gasteiger partial charge < -0.3 is 21.4 Å². The number of pyridine rings is 1. The minimum atomic E-state index is -0.243. The Labute approximate surface area is 204 Å². The molecule has 1 aliphatic heterocycles. The predicted octanol–water partition coefficient (Wildman–Crippen LogP) is 3.49. The average Bonchev–Trinajstić information content (AvgIpc) is 2.85. The lowest BCUT2D eigenvalue weighted by molar-refractivity contribution is 0.0963. The number of hydrazone groups is 1. The predicted molar refractivity (Wildman–Crippen MR) is 139 cm³/mol. The molecule has 0 unspecified atom stereocenters. The molecule has 180 valence electrons. The fourth-order valence-electron chi connectivity index (χ4n) is 3.94. The number of aryl methyl sites for hydroxylation is 2. The normalized spacial score (nSPS) is 13.4. The second kappa shape index (κ2) is 10.7. The van der Waals surface area contributed by atoms with Gasteiger partial charge >= 0.3 is 0 Å². The molecule has 10 nitrogen and oxygen atoms in total. The molecule has 0 atom stereocenters. The standard InChI is InChI=1S/C25H29N9O/c1-5-28-23(34-27-4)18-11-16-7-6-8-17-9-10-29-25(31-17)33-22-13-21(32-20(12-16)15(18)2)19(14-30-22)24(35)26-3/h5,9-14,27,32H,6-8H2,1-4H3,(H,26,35)(H,29,30,31,33)/b28-5-,34-23-. The van der Waals surface area contributed by atoms with Crippen LogP contribution in [0.1, 0.15) is 46.1 Å².